The van der Waals surface area contributed by atoms with Crippen LogP contribution in [-0.2, 0) is 0 Å². The molecule has 6 nitrogen and oxygen atoms in total. The summed E-state index contributed by atoms with van der Waals surface area (Å²) in [5.74, 6) is 0.632. The minimum atomic E-state index is -0.425. The van der Waals surface area contributed by atoms with E-state index in [-0.39, 0.29) is 5.91 Å². The molecule has 1 aromatic carbocycles. The first-order chi connectivity index (χ1) is 13.1. The molecule has 0 radical (unpaired) electrons. The van der Waals surface area contributed by atoms with Crippen LogP contribution in [0.3, 0.4) is 0 Å². The van der Waals surface area contributed by atoms with Gasteiger partial charge in [0, 0.05) is 21.5 Å². The molecule has 4 rings (SSSR count). The van der Waals surface area contributed by atoms with Gasteiger partial charge in [0.05, 0.1) is 0 Å². The molecule has 7 heteroatoms. The molecule has 0 fully saturated rings. The molecule has 3 aromatic rings. The molecular weight excluding hydrogens is 364 g/mol. The van der Waals surface area contributed by atoms with Crippen LogP contribution in [0.5, 0.6) is 0 Å². The highest BCUT2D eigenvalue weighted by Gasteiger charge is 2.19. The van der Waals surface area contributed by atoms with E-state index in [4.69, 9.17) is 16.1 Å². The number of allylic oxidation sites excluding steroid dienone is 6. The van der Waals surface area contributed by atoms with Gasteiger partial charge in [-0.3, -0.25) is 4.79 Å². The topological polar surface area (TPSA) is 83.8 Å². The molecule has 1 atom stereocenters. The van der Waals surface area contributed by atoms with Gasteiger partial charge < -0.3 is 14.8 Å². The van der Waals surface area contributed by atoms with Crippen LogP contribution in [0.1, 0.15) is 41.6 Å². The molecule has 0 bridgehead atoms. The van der Waals surface area contributed by atoms with Crippen LogP contribution < -0.4 is 5.32 Å². The van der Waals surface area contributed by atoms with E-state index < -0.39 is 6.04 Å². The number of hydrogen-bond acceptors (Lipinski definition) is 4. The van der Waals surface area contributed by atoms with Gasteiger partial charge in [-0.15, -0.1) is 0 Å². The monoisotopic (exact) mass is 380 g/mol. The molecule has 0 aliphatic heterocycles. The zero-order valence-corrected chi connectivity index (χ0v) is 15.3. The van der Waals surface area contributed by atoms with Crippen molar-refractivity contribution in [3.63, 3.8) is 0 Å². The Bertz CT molecular complexity index is 1090. The van der Waals surface area contributed by atoms with Gasteiger partial charge in [-0.25, -0.2) is 0 Å². The van der Waals surface area contributed by atoms with E-state index in [9.17, 15) is 4.79 Å². The summed E-state index contributed by atoms with van der Waals surface area (Å²) >= 11 is 5.99. The number of nitrogens with zero attached hydrogens (tertiary/aromatic N) is 2. The predicted molar refractivity (Wildman–Crippen MR) is 104 cm³/mol. The lowest BCUT2D eigenvalue weighted by Gasteiger charge is -2.08. The quantitative estimate of drug-likeness (QED) is 0.693. The van der Waals surface area contributed by atoms with Crippen LogP contribution in [0, 0.1) is 0 Å². The van der Waals surface area contributed by atoms with Crippen molar-refractivity contribution in [3.05, 3.63) is 77.1 Å². The first-order valence-corrected chi connectivity index (χ1v) is 8.93. The smallest absolute Gasteiger partial charge is 0.268 e. The van der Waals surface area contributed by atoms with Gasteiger partial charge in [-0.1, -0.05) is 47.1 Å². The maximum absolute atomic E-state index is 12.5. The van der Waals surface area contributed by atoms with Crippen LogP contribution in [0.25, 0.3) is 16.5 Å². The average Bonchev–Trinajstić information content (AvgIpc) is 3.22. The number of hydrogen-bond donors (Lipinski definition) is 2. The van der Waals surface area contributed by atoms with Crippen LogP contribution >= 0.6 is 11.6 Å². The number of benzene rings is 1. The minimum absolute atomic E-state index is 0.255. The molecule has 0 spiro atoms. The Kier molecular flexibility index (Phi) is 4.64. The Hall–Kier alpha value is -3.12. The summed E-state index contributed by atoms with van der Waals surface area (Å²) in [7, 11) is 0. The Labute approximate surface area is 160 Å². The average molecular weight is 381 g/mol. The lowest BCUT2D eigenvalue weighted by molar-refractivity contribution is 0.0928. The summed E-state index contributed by atoms with van der Waals surface area (Å²) in [6.07, 6.45) is 10.6. The van der Waals surface area contributed by atoms with Gasteiger partial charge in [-0.05, 0) is 37.6 Å². The van der Waals surface area contributed by atoms with Crippen molar-refractivity contribution < 1.29 is 9.32 Å². The van der Waals surface area contributed by atoms with Crippen LogP contribution in [0.15, 0.2) is 59.2 Å². The van der Waals surface area contributed by atoms with Crippen molar-refractivity contribution in [2.45, 2.75) is 19.4 Å². The fourth-order valence-electron chi connectivity index (χ4n) is 2.85. The van der Waals surface area contributed by atoms with E-state index >= 15 is 0 Å². The maximum atomic E-state index is 12.5. The molecule has 136 valence electrons. The van der Waals surface area contributed by atoms with Crippen molar-refractivity contribution in [2.75, 3.05) is 0 Å². The van der Waals surface area contributed by atoms with Gasteiger partial charge in [0.1, 0.15) is 11.7 Å². The fourth-order valence-corrected chi connectivity index (χ4v) is 3.03. The van der Waals surface area contributed by atoms with E-state index in [1.165, 1.54) is 0 Å². The number of carbonyl (C=O) groups excluding carboxylic acids is 1. The second-order valence-electron chi connectivity index (χ2n) is 6.28. The van der Waals surface area contributed by atoms with Crippen molar-refractivity contribution >= 4 is 34.0 Å². The number of amides is 1. The van der Waals surface area contributed by atoms with E-state index in [2.05, 4.69) is 20.4 Å². The molecule has 2 heterocycles. The molecule has 2 N–H and O–H groups in total. The number of aromatic amines is 1. The number of halogens is 1. The summed E-state index contributed by atoms with van der Waals surface area (Å²) in [4.78, 5) is 20.0. The van der Waals surface area contributed by atoms with Crippen molar-refractivity contribution in [2.24, 2.45) is 0 Å². The fraction of sp³-hybridized carbons (Fsp3) is 0.150. The first-order valence-electron chi connectivity index (χ1n) is 8.55. The molecule has 1 aliphatic carbocycles. The van der Waals surface area contributed by atoms with Gasteiger partial charge in [0.15, 0.2) is 5.82 Å². The summed E-state index contributed by atoms with van der Waals surface area (Å²) in [5, 5.41) is 8.40. The van der Waals surface area contributed by atoms with Crippen LogP contribution in [0.4, 0.5) is 0 Å². The van der Waals surface area contributed by atoms with Gasteiger partial charge in [-0.2, -0.15) is 4.98 Å². The predicted octanol–water partition coefficient (Wildman–Crippen LogP) is 4.59. The first kappa shape index (κ1) is 17.3. The number of fused-ring (bicyclic) bond motifs is 1. The Morgan fingerprint density at radius 2 is 2.19 bits per heavy atom. The van der Waals surface area contributed by atoms with Crippen molar-refractivity contribution in [3.8, 4) is 0 Å². The summed E-state index contributed by atoms with van der Waals surface area (Å²) in [6, 6.07) is 6.76. The second kappa shape index (κ2) is 7.25. The third-order valence-corrected chi connectivity index (χ3v) is 4.50. The molecule has 1 unspecified atom stereocenters. The largest absolute Gasteiger partial charge is 0.351 e. The van der Waals surface area contributed by atoms with E-state index in [1.54, 1.807) is 25.1 Å². The number of rotatable bonds is 4. The molecule has 1 aliphatic rings. The molecule has 0 saturated carbocycles. The Morgan fingerprint density at radius 3 is 3.07 bits per heavy atom. The lowest BCUT2D eigenvalue weighted by atomic mass is 10.1. The summed E-state index contributed by atoms with van der Waals surface area (Å²) < 4.78 is 5.34. The third-order valence-electron chi connectivity index (χ3n) is 4.27. The molecule has 1 amide bonds. The molecule has 2 aromatic heterocycles. The summed E-state index contributed by atoms with van der Waals surface area (Å²) in [5.41, 5.74) is 2.25. The van der Waals surface area contributed by atoms with Crippen LogP contribution in [-0.4, -0.2) is 21.0 Å². The summed E-state index contributed by atoms with van der Waals surface area (Å²) in [6.45, 7) is 1.80. The zero-order chi connectivity index (χ0) is 18.8. The number of nitrogens with one attached hydrogen (secondary N) is 2. The van der Waals surface area contributed by atoms with Gasteiger partial charge in [0.2, 0.25) is 5.89 Å². The SMILES string of the molecule is CC(NC(=O)c1cc2cc(Cl)ccc2[nH]1)c1nc(C2=CC=CC=CC2)no1. The minimum Gasteiger partial charge on any atom is -0.351 e. The third kappa shape index (κ3) is 3.71. The van der Waals surface area contributed by atoms with Gasteiger partial charge >= 0.3 is 0 Å². The normalized spacial score (nSPS) is 14.8. The van der Waals surface area contributed by atoms with Crippen molar-refractivity contribution in [1.29, 1.82) is 0 Å². The second-order valence-corrected chi connectivity index (χ2v) is 6.71. The number of H-pyrrole nitrogens is 1. The number of carbonyl (C=O) groups is 1. The molecule has 27 heavy (non-hydrogen) atoms. The van der Waals surface area contributed by atoms with Crippen LogP contribution in [0.2, 0.25) is 5.02 Å². The molecular formula is C20H17ClN4O2. The van der Waals surface area contributed by atoms with E-state index in [0.717, 1.165) is 22.9 Å². The molecule has 0 saturated heterocycles. The Morgan fingerprint density at radius 1 is 1.30 bits per heavy atom. The highest BCUT2D eigenvalue weighted by atomic mass is 35.5. The lowest BCUT2D eigenvalue weighted by Crippen LogP contribution is -2.27. The van der Waals surface area contributed by atoms with E-state index in [1.807, 2.05) is 36.4 Å². The van der Waals surface area contributed by atoms with Gasteiger partial charge in [0.25, 0.3) is 5.91 Å². The Balaban J connectivity index is 1.49. The van der Waals surface area contributed by atoms with E-state index in [0.29, 0.717) is 22.4 Å². The highest BCUT2D eigenvalue weighted by molar-refractivity contribution is 6.31. The zero-order valence-electron chi connectivity index (χ0n) is 14.6. The maximum Gasteiger partial charge on any atom is 0.268 e. The standard InChI is InChI=1S/C20H17ClN4O2/c1-12(20-24-18(25-27-20)13-6-4-2-3-5-7-13)22-19(26)17-11-14-10-15(21)8-9-16(14)23-17/h2-6,8-12,23H,7H2,1H3,(H,22,26). The number of aromatic nitrogens is 3. The highest BCUT2D eigenvalue weighted by Crippen LogP contribution is 2.22. The van der Waals surface area contributed by atoms with Crippen molar-refractivity contribution in [1.82, 2.24) is 20.4 Å².